The molecule has 22 heavy (non-hydrogen) atoms. The predicted octanol–water partition coefficient (Wildman–Crippen LogP) is 3.77. The van der Waals surface area contributed by atoms with Crippen molar-refractivity contribution < 1.29 is 14.3 Å². The molecule has 0 amide bonds. The number of para-hydroxylation sites is 1. The minimum Gasteiger partial charge on any atom is -0.465 e. The van der Waals surface area contributed by atoms with E-state index in [4.69, 9.17) is 16.3 Å². The highest BCUT2D eigenvalue weighted by molar-refractivity contribution is 6.34. The Morgan fingerprint density at radius 2 is 1.68 bits per heavy atom. The predicted molar refractivity (Wildman–Crippen MR) is 84.5 cm³/mol. The van der Waals surface area contributed by atoms with E-state index in [0.717, 1.165) is 0 Å². The van der Waals surface area contributed by atoms with Crippen LogP contribution in [0.2, 0.25) is 5.02 Å². The molecule has 0 N–H and O–H groups in total. The highest BCUT2D eigenvalue weighted by Crippen LogP contribution is 2.25. The van der Waals surface area contributed by atoms with Gasteiger partial charge in [0.2, 0.25) is 0 Å². The zero-order valence-electron chi connectivity index (χ0n) is 11.7. The highest BCUT2D eigenvalue weighted by Gasteiger charge is 2.20. The molecule has 0 aliphatic carbocycles. The Morgan fingerprint density at radius 1 is 1.00 bits per heavy atom. The molecule has 5 heteroatoms. The topological polar surface area (TPSA) is 48.3 Å². The molecule has 110 valence electrons. The monoisotopic (exact) mass is 313 g/mol. The van der Waals surface area contributed by atoms with Gasteiger partial charge in [-0.2, -0.15) is 0 Å². The second-order valence-corrected chi connectivity index (χ2v) is 5.11. The Kier molecular flexibility index (Phi) is 3.69. The third kappa shape index (κ3) is 2.27. The maximum Gasteiger partial charge on any atom is 0.340 e. The standard InChI is InChI=1S/C17H12ClNO3/c1-22-17(21)13-10-19(15-9-5-3-6-11(13)15)16(20)12-7-2-4-8-14(12)18/h2-10H,1H3. The number of methoxy groups -OCH3 is 1. The number of benzene rings is 2. The molecule has 2 aromatic carbocycles. The molecule has 0 fully saturated rings. The van der Waals surface area contributed by atoms with E-state index in [1.54, 1.807) is 48.5 Å². The molecule has 0 saturated heterocycles. The maximum absolute atomic E-state index is 12.7. The van der Waals surface area contributed by atoms with Crippen LogP contribution in [-0.4, -0.2) is 23.6 Å². The summed E-state index contributed by atoms with van der Waals surface area (Å²) >= 11 is 6.09. The summed E-state index contributed by atoms with van der Waals surface area (Å²) in [6, 6.07) is 14.0. The number of carbonyl (C=O) groups excluding carboxylic acids is 2. The van der Waals surface area contributed by atoms with Crippen LogP contribution < -0.4 is 0 Å². The van der Waals surface area contributed by atoms with Crippen molar-refractivity contribution in [3.05, 3.63) is 70.9 Å². The first-order chi connectivity index (χ1) is 10.6. The van der Waals surface area contributed by atoms with E-state index in [1.807, 2.05) is 0 Å². The van der Waals surface area contributed by atoms with E-state index >= 15 is 0 Å². The van der Waals surface area contributed by atoms with Gasteiger partial charge in [0.05, 0.1) is 28.8 Å². The maximum atomic E-state index is 12.7. The molecule has 3 aromatic rings. The average molecular weight is 314 g/mol. The molecule has 0 radical (unpaired) electrons. The number of halogens is 1. The van der Waals surface area contributed by atoms with E-state index in [-0.39, 0.29) is 5.91 Å². The van der Waals surface area contributed by atoms with Gasteiger partial charge in [0, 0.05) is 11.6 Å². The van der Waals surface area contributed by atoms with Crippen molar-refractivity contribution in [2.45, 2.75) is 0 Å². The summed E-state index contributed by atoms with van der Waals surface area (Å²) < 4.78 is 6.20. The molecule has 0 bridgehead atoms. The zero-order valence-corrected chi connectivity index (χ0v) is 12.5. The first-order valence-corrected chi connectivity index (χ1v) is 6.99. The molecular weight excluding hydrogens is 302 g/mol. The minimum absolute atomic E-state index is 0.294. The van der Waals surface area contributed by atoms with Gasteiger partial charge in [0.25, 0.3) is 5.91 Å². The largest absolute Gasteiger partial charge is 0.465 e. The van der Waals surface area contributed by atoms with Gasteiger partial charge in [0.15, 0.2) is 0 Å². The van der Waals surface area contributed by atoms with Gasteiger partial charge < -0.3 is 4.74 Å². The lowest BCUT2D eigenvalue weighted by Gasteiger charge is -2.05. The Morgan fingerprint density at radius 3 is 2.41 bits per heavy atom. The van der Waals surface area contributed by atoms with E-state index in [2.05, 4.69) is 0 Å². The Labute approximate surface area is 131 Å². The van der Waals surface area contributed by atoms with Crippen LogP contribution >= 0.6 is 11.6 Å². The molecule has 0 aliphatic heterocycles. The molecule has 4 nitrogen and oxygen atoms in total. The number of carbonyl (C=O) groups is 2. The van der Waals surface area contributed by atoms with Crippen molar-refractivity contribution in [1.82, 2.24) is 4.57 Å². The summed E-state index contributed by atoms with van der Waals surface area (Å²) in [6.07, 6.45) is 1.49. The third-order valence-corrected chi connectivity index (χ3v) is 3.77. The van der Waals surface area contributed by atoms with Crippen molar-refractivity contribution in [1.29, 1.82) is 0 Å². The first kappa shape index (κ1) is 14.4. The average Bonchev–Trinajstić information content (AvgIpc) is 2.94. The van der Waals surface area contributed by atoms with E-state index in [1.165, 1.54) is 17.9 Å². The number of nitrogens with zero attached hydrogens (tertiary/aromatic N) is 1. The molecule has 0 aliphatic rings. The second kappa shape index (κ2) is 5.66. The lowest BCUT2D eigenvalue weighted by Crippen LogP contribution is -2.11. The van der Waals surface area contributed by atoms with Crippen LogP contribution in [0.15, 0.2) is 54.7 Å². The van der Waals surface area contributed by atoms with E-state index < -0.39 is 5.97 Å². The number of fused-ring (bicyclic) bond motifs is 1. The van der Waals surface area contributed by atoms with Crippen LogP contribution in [-0.2, 0) is 4.74 Å². The fourth-order valence-electron chi connectivity index (χ4n) is 2.38. The lowest BCUT2D eigenvalue weighted by molar-refractivity contribution is 0.0603. The summed E-state index contributed by atoms with van der Waals surface area (Å²) in [7, 11) is 1.31. The molecule has 0 spiro atoms. The van der Waals surface area contributed by atoms with Crippen molar-refractivity contribution in [3.8, 4) is 0 Å². The summed E-state index contributed by atoms with van der Waals surface area (Å²) in [5.74, 6) is -0.779. The Balaban J connectivity index is 2.22. The number of hydrogen-bond acceptors (Lipinski definition) is 3. The number of ether oxygens (including phenoxy) is 1. The van der Waals surface area contributed by atoms with Crippen molar-refractivity contribution in [2.24, 2.45) is 0 Å². The Bertz CT molecular complexity index is 882. The third-order valence-electron chi connectivity index (χ3n) is 3.44. The van der Waals surface area contributed by atoms with Crippen LogP contribution in [0.3, 0.4) is 0 Å². The second-order valence-electron chi connectivity index (χ2n) is 4.71. The molecule has 3 rings (SSSR count). The van der Waals surface area contributed by atoms with Gasteiger partial charge in [-0.1, -0.05) is 41.9 Å². The smallest absolute Gasteiger partial charge is 0.340 e. The van der Waals surface area contributed by atoms with Crippen LogP contribution in [0.1, 0.15) is 20.7 Å². The molecule has 1 heterocycles. The fraction of sp³-hybridized carbons (Fsp3) is 0.0588. The van der Waals surface area contributed by atoms with Gasteiger partial charge in [-0.15, -0.1) is 0 Å². The van der Waals surface area contributed by atoms with Crippen LogP contribution in [0.4, 0.5) is 0 Å². The van der Waals surface area contributed by atoms with Gasteiger partial charge >= 0.3 is 5.97 Å². The molecular formula is C17H12ClNO3. The Hall–Kier alpha value is -2.59. The zero-order chi connectivity index (χ0) is 15.7. The van der Waals surface area contributed by atoms with Crippen LogP contribution in [0.5, 0.6) is 0 Å². The molecule has 1 aromatic heterocycles. The van der Waals surface area contributed by atoms with Gasteiger partial charge in [-0.05, 0) is 18.2 Å². The van der Waals surface area contributed by atoms with Crippen molar-refractivity contribution >= 4 is 34.4 Å². The van der Waals surface area contributed by atoms with Crippen molar-refractivity contribution in [3.63, 3.8) is 0 Å². The summed E-state index contributed by atoms with van der Waals surface area (Å²) in [4.78, 5) is 24.6. The highest BCUT2D eigenvalue weighted by atomic mass is 35.5. The molecule has 0 atom stereocenters. The number of hydrogen-bond donors (Lipinski definition) is 0. The van der Waals surface area contributed by atoms with E-state index in [9.17, 15) is 9.59 Å². The number of esters is 1. The SMILES string of the molecule is COC(=O)c1cn(C(=O)c2ccccc2Cl)c2ccccc12. The van der Waals surface area contributed by atoms with Crippen LogP contribution in [0, 0.1) is 0 Å². The van der Waals surface area contributed by atoms with Gasteiger partial charge in [0.1, 0.15) is 0 Å². The minimum atomic E-state index is -0.484. The molecule has 0 saturated carbocycles. The quantitative estimate of drug-likeness (QED) is 0.677. The fourth-order valence-corrected chi connectivity index (χ4v) is 2.60. The van der Waals surface area contributed by atoms with E-state index in [0.29, 0.717) is 27.1 Å². The van der Waals surface area contributed by atoms with Gasteiger partial charge in [-0.3, -0.25) is 9.36 Å². The summed E-state index contributed by atoms with van der Waals surface area (Å²) in [5, 5.41) is 1.03. The van der Waals surface area contributed by atoms with Crippen molar-refractivity contribution in [2.75, 3.05) is 7.11 Å². The van der Waals surface area contributed by atoms with Gasteiger partial charge in [-0.25, -0.2) is 4.79 Å². The lowest BCUT2D eigenvalue weighted by atomic mass is 10.2. The van der Waals surface area contributed by atoms with Crippen LogP contribution in [0.25, 0.3) is 10.9 Å². The first-order valence-electron chi connectivity index (χ1n) is 6.61. The number of aromatic nitrogens is 1. The molecule has 0 unspecified atom stereocenters. The normalized spacial score (nSPS) is 10.6. The number of rotatable bonds is 2. The summed E-state index contributed by atoms with van der Waals surface area (Å²) in [6.45, 7) is 0. The summed E-state index contributed by atoms with van der Waals surface area (Å²) in [5.41, 5.74) is 1.35.